The third kappa shape index (κ3) is 2.88. The summed E-state index contributed by atoms with van der Waals surface area (Å²) in [6.45, 7) is 2.92. The molecule has 4 aromatic rings. The van der Waals surface area contributed by atoms with Gasteiger partial charge in [-0.15, -0.1) is 0 Å². The molecule has 3 heterocycles. The molecule has 5 nitrogen and oxygen atoms in total. The number of hydrogen-bond acceptors (Lipinski definition) is 3. The first-order valence-corrected chi connectivity index (χ1v) is 11.5. The normalized spacial score (nSPS) is 21.0. The lowest BCUT2D eigenvalue weighted by Gasteiger charge is -2.33. The predicted molar refractivity (Wildman–Crippen MR) is 131 cm³/mol. The number of ether oxygens (including phenoxy) is 1. The number of aromatic nitrogens is 1. The standard InChI is InChI=1S/C28H27N3O2/c1-18-21-7-3-5-9-23(21)29-26(18)28-15-16-31(27(28)30-24-10-6-4-8-22(24)28)25(32)17-19-11-13-20(33-2)14-12-19/h3-14,27,29-30H,15-17H2,1-2H3/t27-,28-/m1/s1. The number of fused-ring (bicyclic) bond motifs is 4. The number of hydrogen-bond donors (Lipinski definition) is 2. The number of methoxy groups -OCH3 is 1. The van der Waals surface area contributed by atoms with Crippen LogP contribution in [0.2, 0.25) is 0 Å². The number of aromatic amines is 1. The molecule has 33 heavy (non-hydrogen) atoms. The van der Waals surface area contributed by atoms with Gasteiger partial charge in [0.2, 0.25) is 5.91 Å². The second-order valence-corrected chi connectivity index (χ2v) is 9.10. The van der Waals surface area contributed by atoms with E-state index in [1.165, 1.54) is 22.2 Å². The number of rotatable bonds is 4. The van der Waals surface area contributed by atoms with Gasteiger partial charge in [-0.1, -0.05) is 48.5 Å². The average molecular weight is 438 g/mol. The summed E-state index contributed by atoms with van der Waals surface area (Å²) in [5, 5.41) is 4.95. The minimum Gasteiger partial charge on any atom is -0.497 e. The van der Waals surface area contributed by atoms with Gasteiger partial charge in [-0.25, -0.2) is 0 Å². The highest BCUT2D eigenvalue weighted by Gasteiger charge is 2.57. The largest absolute Gasteiger partial charge is 0.497 e. The molecule has 0 saturated carbocycles. The van der Waals surface area contributed by atoms with E-state index in [0.29, 0.717) is 6.42 Å². The summed E-state index contributed by atoms with van der Waals surface area (Å²) in [6, 6.07) is 24.7. The second-order valence-electron chi connectivity index (χ2n) is 9.10. The Hall–Kier alpha value is -3.73. The molecule has 166 valence electrons. The third-order valence-corrected chi connectivity index (χ3v) is 7.47. The summed E-state index contributed by atoms with van der Waals surface area (Å²) in [5.74, 6) is 0.940. The molecular formula is C28H27N3O2. The Morgan fingerprint density at radius 3 is 2.61 bits per heavy atom. The first-order chi connectivity index (χ1) is 16.1. The molecule has 1 fully saturated rings. The Kier molecular flexibility index (Phi) is 4.47. The van der Waals surface area contributed by atoms with Gasteiger partial charge in [0.05, 0.1) is 18.9 Å². The fourth-order valence-corrected chi connectivity index (χ4v) is 5.87. The zero-order valence-electron chi connectivity index (χ0n) is 18.9. The Morgan fingerprint density at radius 2 is 1.82 bits per heavy atom. The molecule has 2 aliphatic rings. The molecule has 1 amide bonds. The van der Waals surface area contributed by atoms with E-state index in [-0.39, 0.29) is 17.5 Å². The minimum atomic E-state index is -0.296. The Labute approximate surface area is 193 Å². The average Bonchev–Trinajstić information content (AvgIpc) is 3.48. The van der Waals surface area contributed by atoms with Crippen LogP contribution in [0.15, 0.2) is 72.8 Å². The number of anilines is 1. The summed E-state index contributed by atoms with van der Waals surface area (Å²) in [7, 11) is 1.65. The van der Waals surface area contributed by atoms with Gasteiger partial charge in [0.25, 0.3) is 0 Å². The van der Waals surface area contributed by atoms with Crippen molar-refractivity contribution in [2.75, 3.05) is 19.0 Å². The molecule has 2 atom stereocenters. The summed E-state index contributed by atoms with van der Waals surface area (Å²) >= 11 is 0. The van der Waals surface area contributed by atoms with Gasteiger partial charge in [0, 0.05) is 28.8 Å². The van der Waals surface area contributed by atoms with Crippen molar-refractivity contribution >= 4 is 22.5 Å². The topological polar surface area (TPSA) is 57.4 Å². The van der Waals surface area contributed by atoms with Crippen molar-refractivity contribution in [3.63, 3.8) is 0 Å². The highest BCUT2D eigenvalue weighted by molar-refractivity contribution is 5.87. The van der Waals surface area contributed by atoms with Crippen molar-refractivity contribution in [2.24, 2.45) is 0 Å². The number of para-hydroxylation sites is 2. The van der Waals surface area contributed by atoms with E-state index in [1.807, 2.05) is 29.2 Å². The van der Waals surface area contributed by atoms with Crippen LogP contribution >= 0.6 is 0 Å². The maximum absolute atomic E-state index is 13.5. The van der Waals surface area contributed by atoms with E-state index in [2.05, 4.69) is 65.8 Å². The molecular weight excluding hydrogens is 410 g/mol. The third-order valence-electron chi connectivity index (χ3n) is 7.47. The van der Waals surface area contributed by atoms with Gasteiger partial charge in [0.15, 0.2) is 0 Å². The van der Waals surface area contributed by atoms with Crippen molar-refractivity contribution in [2.45, 2.75) is 31.3 Å². The number of amides is 1. The van der Waals surface area contributed by atoms with E-state index in [0.717, 1.165) is 35.5 Å². The highest BCUT2D eigenvalue weighted by atomic mass is 16.5. The van der Waals surface area contributed by atoms with E-state index < -0.39 is 0 Å². The Morgan fingerprint density at radius 1 is 1.06 bits per heavy atom. The minimum absolute atomic E-state index is 0.118. The second kappa shape index (κ2) is 7.41. The number of carbonyl (C=O) groups excluding carboxylic acids is 1. The van der Waals surface area contributed by atoms with Crippen LogP contribution in [-0.2, 0) is 16.6 Å². The van der Waals surface area contributed by atoms with Crippen molar-refractivity contribution in [1.29, 1.82) is 0 Å². The maximum atomic E-state index is 13.5. The van der Waals surface area contributed by atoms with Gasteiger partial charge < -0.3 is 19.9 Å². The van der Waals surface area contributed by atoms with Crippen LogP contribution in [-0.4, -0.2) is 35.6 Å². The van der Waals surface area contributed by atoms with Crippen molar-refractivity contribution in [3.8, 4) is 5.75 Å². The van der Waals surface area contributed by atoms with Gasteiger partial charge >= 0.3 is 0 Å². The van der Waals surface area contributed by atoms with Crippen LogP contribution in [0.4, 0.5) is 5.69 Å². The van der Waals surface area contributed by atoms with Crippen LogP contribution < -0.4 is 10.1 Å². The van der Waals surface area contributed by atoms with Crippen LogP contribution in [0.3, 0.4) is 0 Å². The number of H-pyrrole nitrogens is 1. The quantitative estimate of drug-likeness (QED) is 0.473. The highest BCUT2D eigenvalue weighted by Crippen LogP contribution is 2.53. The Bertz CT molecular complexity index is 1360. The smallest absolute Gasteiger partial charge is 0.228 e. The zero-order valence-corrected chi connectivity index (χ0v) is 18.9. The van der Waals surface area contributed by atoms with Crippen LogP contribution in [0.1, 0.15) is 28.8 Å². The molecule has 0 aliphatic carbocycles. The molecule has 0 radical (unpaired) electrons. The van der Waals surface area contributed by atoms with Gasteiger partial charge in [-0.05, 0) is 54.3 Å². The van der Waals surface area contributed by atoms with Crippen molar-refractivity contribution in [1.82, 2.24) is 9.88 Å². The molecule has 1 saturated heterocycles. The van der Waals surface area contributed by atoms with Gasteiger partial charge in [-0.3, -0.25) is 4.79 Å². The monoisotopic (exact) mass is 437 g/mol. The molecule has 1 aromatic heterocycles. The summed E-state index contributed by atoms with van der Waals surface area (Å²) in [4.78, 5) is 19.3. The molecule has 5 heteroatoms. The van der Waals surface area contributed by atoms with Crippen molar-refractivity contribution in [3.05, 3.63) is 95.2 Å². The number of benzene rings is 3. The summed E-state index contributed by atoms with van der Waals surface area (Å²) < 4.78 is 5.26. The molecule has 0 unspecified atom stereocenters. The first kappa shape index (κ1) is 19.9. The maximum Gasteiger partial charge on any atom is 0.228 e. The summed E-state index contributed by atoms with van der Waals surface area (Å²) in [5.41, 5.74) is 6.70. The van der Waals surface area contributed by atoms with E-state index in [4.69, 9.17) is 4.74 Å². The molecule has 6 rings (SSSR count). The lowest BCUT2D eigenvalue weighted by atomic mass is 9.75. The Balaban J connectivity index is 1.41. The SMILES string of the molecule is COc1ccc(CC(=O)N2CC[C@]3(c4[nH]c5ccccc5c4C)c4ccccc4N[C@H]23)cc1. The van der Waals surface area contributed by atoms with Crippen molar-refractivity contribution < 1.29 is 9.53 Å². The van der Waals surface area contributed by atoms with E-state index in [9.17, 15) is 4.79 Å². The number of carbonyl (C=O) groups is 1. The first-order valence-electron chi connectivity index (χ1n) is 11.5. The van der Waals surface area contributed by atoms with E-state index >= 15 is 0 Å². The van der Waals surface area contributed by atoms with Gasteiger partial charge in [-0.2, -0.15) is 0 Å². The fraction of sp³-hybridized carbons (Fsp3) is 0.250. The van der Waals surface area contributed by atoms with Crippen LogP contribution in [0.25, 0.3) is 10.9 Å². The molecule has 2 N–H and O–H groups in total. The number of nitrogens with zero attached hydrogens (tertiary/aromatic N) is 1. The predicted octanol–water partition coefficient (Wildman–Crippen LogP) is 5.00. The van der Waals surface area contributed by atoms with E-state index in [1.54, 1.807) is 7.11 Å². The molecule has 0 spiro atoms. The lowest BCUT2D eigenvalue weighted by Crippen LogP contribution is -2.47. The number of nitrogens with one attached hydrogen (secondary N) is 2. The fourth-order valence-electron chi connectivity index (χ4n) is 5.87. The molecule has 2 aliphatic heterocycles. The van der Waals surface area contributed by atoms with Crippen LogP contribution in [0.5, 0.6) is 5.75 Å². The molecule has 0 bridgehead atoms. The number of likely N-dealkylation sites (tertiary alicyclic amines) is 1. The van der Waals surface area contributed by atoms with Gasteiger partial charge in [0.1, 0.15) is 11.9 Å². The molecule has 3 aromatic carbocycles. The van der Waals surface area contributed by atoms with Crippen LogP contribution in [0, 0.1) is 6.92 Å². The number of aryl methyl sites for hydroxylation is 1. The summed E-state index contributed by atoms with van der Waals surface area (Å²) in [6.07, 6.45) is 1.14. The zero-order chi connectivity index (χ0) is 22.6. The lowest BCUT2D eigenvalue weighted by molar-refractivity contribution is -0.131.